The molecule has 0 unspecified atom stereocenters. The van der Waals surface area contributed by atoms with E-state index in [0.29, 0.717) is 12.1 Å². The maximum Gasteiger partial charge on any atom is 0.252 e. The number of hydrogen-bond donors (Lipinski definition) is 1. The van der Waals surface area contributed by atoms with E-state index in [4.69, 9.17) is 0 Å². The molecule has 18 heavy (non-hydrogen) atoms. The molecule has 2 aromatic rings. The second-order valence-corrected chi connectivity index (χ2v) is 6.40. The van der Waals surface area contributed by atoms with E-state index in [1.165, 1.54) is 11.1 Å². The Morgan fingerprint density at radius 3 is 2.72 bits per heavy atom. The molecule has 0 bridgehead atoms. The number of benzene rings is 1. The van der Waals surface area contributed by atoms with Crippen LogP contribution in [0.1, 0.15) is 21.5 Å². The van der Waals surface area contributed by atoms with E-state index in [1.54, 1.807) is 17.4 Å². The molecule has 0 aliphatic rings. The van der Waals surface area contributed by atoms with E-state index in [9.17, 15) is 4.79 Å². The minimum Gasteiger partial charge on any atom is -0.348 e. The Morgan fingerprint density at radius 1 is 1.33 bits per heavy atom. The lowest BCUT2D eigenvalue weighted by Gasteiger charge is -2.07. The number of thiophene rings is 1. The maximum atomic E-state index is 12.0. The summed E-state index contributed by atoms with van der Waals surface area (Å²) in [6, 6.07) is 5.52. The molecule has 0 fully saturated rings. The normalized spacial score (nSPS) is 10.4. The van der Waals surface area contributed by atoms with Crippen LogP contribution >= 0.6 is 43.2 Å². The zero-order valence-electron chi connectivity index (χ0n) is 9.67. The van der Waals surface area contributed by atoms with Crippen molar-refractivity contribution in [2.45, 2.75) is 13.5 Å². The molecule has 0 saturated heterocycles. The van der Waals surface area contributed by atoms with E-state index < -0.39 is 0 Å². The summed E-state index contributed by atoms with van der Waals surface area (Å²) in [5.41, 5.74) is 3.03. The van der Waals surface area contributed by atoms with Gasteiger partial charge in [-0.2, -0.15) is 11.3 Å². The fourth-order valence-electron chi connectivity index (χ4n) is 1.51. The fraction of sp³-hybridized carbons (Fsp3) is 0.154. The molecule has 2 rings (SSSR count). The third kappa shape index (κ3) is 3.22. The zero-order valence-corrected chi connectivity index (χ0v) is 13.7. The molecule has 1 N–H and O–H groups in total. The van der Waals surface area contributed by atoms with Gasteiger partial charge in [-0.25, -0.2) is 0 Å². The molecule has 0 atom stereocenters. The first-order valence-electron chi connectivity index (χ1n) is 5.33. The lowest BCUT2D eigenvalue weighted by atomic mass is 10.2. The molecule has 0 radical (unpaired) electrons. The Labute approximate surface area is 127 Å². The smallest absolute Gasteiger partial charge is 0.252 e. The van der Waals surface area contributed by atoms with Crippen molar-refractivity contribution < 1.29 is 4.79 Å². The highest BCUT2D eigenvalue weighted by Crippen LogP contribution is 2.22. The standard InChI is InChI=1S/C13H11Br2NOS/c1-8-6-18-7-9(8)5-16-13(17)11-3-2-10(14)4-12(11)15/h2-4,6-7H,5H2,1H3,(H,16,17). The van der Waals surface area contributed by atoms with Crippen LogP contribution in [-0.4, -0.2) is 5.91 Å². The van der Waals surface area contributed by atoms with Crippen LogP contribution in [0.5, 0.6) is 0 Å². The number of nitrogens with one attached hydrogen (secondary N) is 1. The lowest BCUT2D eigenvalue weighted by Crippen LogP contribution is -2.23. The van der Waals surface area contributed by atoms with Crippen molar-refractivity contribution in [2.24, 2.45) is 0 Å². The summed E-state index contributed by atoms with van der Waals surface area (Å²) in [6.45, 7) is 2.62. The van der Waals surface area contributed by atoms with Gasteiger partial charge in [0, 0.05) is 15.5 Å². The third-order valence-electron chi connectivity index (χ3n) is 2.58. The van der Waals surface area contributed by atoms with Crippen LogP contribution in [-0.2, 0) is 6.54 Å². The number of carbonyl (C=O) groups excluding carboxylic acids is 1. The van der Waals surface area contributed by atoms with Crippen LogP contribution < -0.4 is 5.32 Å². The van der Waals surface area contributed by atoms with E-state index in [0.717, 1.165) is 8.95 Å². The van der Waals surface area contributed by atoms with Crippen LogP contribution in [0.25, 0.3) is 0 Å². The Morgan fingerprint density at radius 2 is 2.11 bits per heavy atom. The van der Waals surface area contributed by atoms with Gasteiger partial charge in [0.05, 0.1) is 5.56 Å². The van der Waals surface area contributed by atoms with Crippen molar-refractivity contribution in [3.63, 3.8) is 0 Å². The van der Waals surface area contributed by atoms with Crippen LogP contribution in [0.15, 0.2) is 37.9 Å². The van der Waals surface area contributed by atoms with Crippen molar-refractivity contribution in [1.29, 1.82) is 0 Å². The Kier molecular flexibility index (Phi) is 4.59. The number of hydrogen-bond acceptors (Lipinski definition) is 2. The van der Waals surface area contributed by atoms with E-state index >= 15 is 0 Å². The molecule has 1 aromatic heterocycles. The molecule has 0 aliphatic heterocycles. The SMILES string of the molecule is Cc1cscc1CNC(=O)c1ccc(Br)cc1Br. The Bertz CT molecular complexity index is 580. The molecule has 2 nitrogen and oxygen atoms in total. The van der Waals surface area contributed by atoms with Gasteiger partial charge in [0.2, 0.25) is 0 Å². The lowest BCUT2D eigenvalue weighted by molar-refractivity contribution is 0.0950. The topological polar surface area (TPSA) is 29.1 Å². The predicted molar refractivity (Wildman–Crippen MR) is 82.1 cm³/mol. The summed E-state index contributed by atoms with van der Waals surface area (Å²) >= 11 is 8.41. The van der Waals surface area contributed by atoms with Gasteiger partial charge in [-0.3, -0.25) is 4.79 Å². The van der Waals surface area contributed by atoms with Gasteiger partial charge in [0.1, 0.15) is 0 Å². The Hall–Kier alpha value is -0.650. The van der Waals surface area contributed by atoms with E-state index in [-0.39, 0.29) is 5.91 Å². The zero-order chi connectivity index (χ0) is 13.1. The summed E-state index contributed by atoms with van der Waals surface area (Å²) in [6.07, 6.45) is 0. The van der Waals surface area contributed by atoms with Crippen LogP contribution in [0.4, 0.5) is 0 Å². The summed E-state index contributed by atoms with van der Waals surface area (Å²) in [5, 5.41) is 7.07. The summed E-state index contributed by atoms with van der Waals surface area (Å²) < 4.78 is 1.73. The number of aryl methyl sites for hydroxylation is 1. The first kappa shape index (κ1) is 13.8. The quantitative estimate of drug-likeness (QED) is 0.823. The third-order valence-corrected chi connectivity index (χ3v) is 4.64. The first-order chi connectivity index (χ1) is 8.58. The molecular weight excluding hydrogens is 378 g/mol. The van der Waals surface area contributed by atoms with Gasteiger partial charge in [0.15, 0.2) is 0 Å². The molecule has 0 saturated carbocycles. The van der Waals surface area contributed by atoms with Crippen LogP contribution in [0.2, 0.25) is 0 Å². The second-order valence-electron chi connectivity index (χ2n) is 3.89. The minimum absolute atomic E-state index is 0.0695. The summed E-state index contributed by atoms with van der Waals surface area (Å²) in [5.74, 6) is -0.0695. The fourth-order valence-corrected chi connectivity index (χ4v) is 3.60. The van der Waals surface area contributed by atoms with Crippen molar-refractivity contribution >= 4 is 49.1 Å². The predicted octanol–water partition coefficient (Wildman–Crippen LogP) is 4.51. The molecule has 0 spiro atoms. The van der Waals surface area contributed by atoms with Gasteiger partial charge in [-0.15, -0.1) is 0 Å². The van der Waals surface area contributed by atoms with Crippen molar-refractivity contribution in [3.8, 4) is 0 Å². The van der Waals surface area contributed by atoms with Gasteiger partial charge in [-0.05, 0) is 62.9 Å². The van der Waals surface area contributed by atoms with Crippen molar-refractivity contribution in [2.75, 3.05) is 0 Å². The van der Waals surface area contributed by atoms with Gasteiger partial charge in [0.25, 0.3) is 5.91 Å². The first-order valence-corrected chi connectivity index (χ1v) is 7.85. The van der Waals surface area contributed by atoms with Crippen molar-refractivity contribution in [1.82, 2.24) is 5.32 Å². The monoisotopic (exact) mass is 387 g/mol. The summed E-state index contributed by atoms with van der Waals surface area (Å²) in [4.78, 5) is 12.0. The van der Waals surface area contributed by atoms with E-state index in [2.05, 4.69) is 47.9 Å². The average molecular weight is 389 g/mol. The molecular formula is C13H11Br2NOS. The van der Waals surface area contributed by atoms with Crippen LogP contribution in [0, 0.1) is 6.92 Å². The molecule has 1 aromatic carbocycles. The molecule has 0 aliphatic carbocycles. The highest BCUT2D eigenvalue weighted by molar-refractivity contribution is 9.11. The largest absolute Gasteiger partial charge is 0.348 e. The second kappa shape index (κ2) is 5.99. The molecule has 5 heteroatoms. The van der Waals surface area contributed by atoms with Crippen molar-refractivity contribution in [3.05, 3.63) is 54.6 Å². The Balaban J connectivity index is 2.06. The number of amides is 1. The van der Waals surface area contributed by atoms with Crippen LogP contribution in [0.3, 0.4) is 0 Å². The number of carbonyl (C=O) groups is 1. The minimum atomic E-state index is -0.0695. The van der Waals surface area contributed by atoms with Gasteiger partial charge < -0.3 is 5.32 Å². The summed E-state index contributed by atoms with van der Waals surface area (Å²) in [7, 11) is 0. The maximum absolute atomic E-state index is 12.0. The highest BCUT2D eigenvalue weighted by atomic mass is 79.9. The average Bonchev–Trinajstić information content (AvgIpc) is 2.72. The highest BCUT2D eigenvalue weighted by Gasteiger charge is 2.10. The van der Waals surface area contributed by atoms with Gasteiger partial charge >= 0.3 is 0 Å². The number of halogens is 2. The van der Waals surface area contributed by atoms with E-state index in [1.807, 2.05) is 19.1 Å². The van der Waals surface area contributed by atoms with Gasteiger partial charge in [-0.1, -0.05) is 15.9 Å². The molecule has 94 valence electrons. The molecule has 1 heterocycles. The molecule has 1 amide bonds. The number of rotatable bonds is 3.